The molecule has 1 unspecified atom stereocenters. The van der Waals surface area contributed by atoms with Crippen molar-refractivity contribution in [1.29, 1.82) is 0 Å². The average Bonchev–Trinajstić information content (AvgIpc) is 3.04. The number of para-hydroxylation sites is 1. The number of nitrogens with one attached hydrogen (secondary N) is 1. The van der Waals surface area contributed by atoms with Gasteiger partial charge in [0.2, 0.25) is 0 Å². The molecule has 1 aliphatic rings. The SMILES string of the molecule is CC(=O)c1ccc(N2CCN(C(C(=O)O)c3c(C)[nH]c4ccccc34)CC2)cc1. The molecule has 2 N–H and O–H groups in total. The molecule has 0 amide bonds. The number of benzene rings is 2. The molecule has 3 aromatic rings. The Morgan fingerprint density at radius 1 is 1.00 bits per heavy atom. The Kier molecular flexibility index (Phi) is 5.11. The predicted molar refractivity (Wildman–Crippen MR) is 114 cm³/mol. The number of aromatic amines is 1. The van der Waals surface area contributed by atoms with Crippen LogP contribution in [-0.2, 0) is 4.79 Å². The Morgan fingerprint density at radius 2 is 1.66 bits per heavy atom. The van der Waals surface area contributed by atoms with Gasteiger partial charge in [-0.1, -0.05) is 18.2 Å². The average molecular weight is 391 g/mol. The molecule has 4 rings (SSSR count). The zero-order valence-corrected chi connectivity index (χ0v) is 16.7. The predicted octanol–water partition coefficient (Wildman–Crippen LogP) is 3.63. The van der Waals surface area contributed by atoms with Crippen LogP contribution in [0.15, 0.2) is 48.5 Å². The molecule has 0 bridgehead atoms. The van der Waals surface area contributed by atoms with Gasteiger partial charge in [0.15, 0.2) is 5.78 Å². The number of hydrogen-bond acceptors (Lipinski definition) is 4. The third kappa shape index (κ3) is 3.63. The van der Waals surface area contributed by atoms with Crippen LogP contribution in [0.4, 0.5) is 5.69 Å². The maximum atomic E-state index is 12.2. The Bertz CT molecular complexity index is 1050. The highest BCUT2D eigenvalue weighted by atomic mass is 16.4. The van der Waals surface area contributed by atoms with Crippen molar-refractivity contribution < 1.29 is 14.7 Å². The summed E-state index contributed by atoms with van der Waals surface area (Å²) in [6.45, 7) is 6.30. The van der Waals surface area contributed by atoms with E-state index in [1.54, 1.807) is 6.92 Å². The number of piperazine rings is 1. The highest BCUT2D eigenvalue weighted by molar-refractivity contribution is 5.94. The fourth-order valence-corrected chi connectivity index (χ4v) is 4.26. The Labute approximate surface area is 169 Å². The van der Waals surface area contributed by atoms with Gasteiger partial charge >= 0.3 is 5.97 Å². The van der Waals surface area contributed by atoms with E-state index in [9.17, 15) is 14.7 Å². The van der Waals surface area contributed by atoms with E-state index in [2.05, 4.69) is 9.88 Å². The normalized spacial score (nSPS) is 16.1. The maximum absolute atomic E-state index is 12.2. The van der Waals surface area contributed by atoms with Crippen molar-refractivity contribution in [1.82, 2.24) is 9.88 Å². The van der Waals surface area contributed by atoms with Crippen molar-refractivity contribution in [2.24, 2.45) is 0 Å². The summed E-state index contributed by atoms with van der Waals surface area (Å²) < 4.78 is 0. The number of hydrogen-bond donors (Lipinski definition) is 2. The van der Waals surface area contributed by atoms with Crippen LogP contribution in [0.1, 0.15) is 34.6 Å². The van der Waals surface area contributed by atoms with E-state index in [1.165, 1.54) is 0 Å². The lowest BCUT2D eigenvalue weighted by molar-refractivity contribution is -0.143. The van der Waals surface area contributed by atoms with Crippen molar-refractivity contribution in [2.75, 3.05) is 31.1 Å². The number of aliphatic carboxylic acids is 1. The second-order valence-corrected chi connectivity index (χ2v) is 7.58. The molecule has 0 radical (unpaired) electrons. The maximum Gasteiger partial charge on any atom is 0.325 e. The van der Waals surface area contributed by atoms with Gasteiger partial charge in [0.1, 0.15) is 6.04 Å². The molecule has 1 saturated heterocycles. The molecule has 0 spiro atoms. The number of carboxylic acids is 1. The van der Waals surface area contributed by atoms with E-state index in [4.69, 9.17) is 0 Å². The van der Waals surface area contributed by atoms with Crippen molar-refractivity contribution in [3.63, 3.8) is 0 Å². The number of ketones is 1. The number of anilines is 1. The van der Waals surface area contributed by atoms with E-state index in [1.807, 2.05) is 60.4 Å². The van der Waals surface area contributed by atoms with Crippen LogP contribution in [0.2, 0.25) is 0 Å². The first kappa shape index (κ1) is 19.2. The van der Waals surface area contributed by atoms with Crippen molar-refractivity contribution in [3.8, 4) is 0 Å². The second-order valence-electron chi connectivity index (χ2n) is 7.58. The van der Waals surface area contributed by atoms with Crippen LogP contribution in [0.3, 0.4) is 0 Å². The van der Waals surface area contributed by atoms with Crippen LogP contribution < -0.4 is 4.90 Å². The summed E-state index contributed by atoms with van der Waals surface area (Å²) in [5.74, 6) is -0.767. The molecule has 6 nitrogen and oxygen atoms in total. The molecule has 150 valence electrons. The zero-order chi connectivity index (χ0) is 20.5. The monoisotopic (exact) mass is 391 g/mol. The van der Waals surface area contributed by atoms with Gasteiger partial charge in [0, 0.05) is 59.6 Å². The fraction of sp³-hybridized carbons (Fsp3) is 0.304. The van der Waals surface area contributed by atoms with Crippen LogP contribution in [0.25, 0.3) is 10.9 Å². The molecule has 1 aromatic heterocycles. The summed E-state index contributed by atoms with van der Waals surface area (Å²) in [5, 5.41) is 11.0. The number of H-pyrrole nitrogens is 1. The molecule has 29 heavy (non-hydrogen) atoms. The summed E-state index contributed by atoms with van der Waals surface area (Å²) in [5.41, 5.74) is 4.49. The highest BCUT2D eigenvalue weighted by Gasteiger charge is 2.33. The smallest absolute Gasteiger partial charge is 0.325 e. The number of rotatable bonds is 5. The van der Waals surface area contributed by atoms with E-state index in [0.29, 0.717) is 18.7 Å². The topological polar surface area (TPSA) is 76.6 Å². The largest absolute Gasteiger partial charge is 0.480 e. The molecule has 0 aliphatic carbocycles. The van der Waals surface area contributed by atoms with Crippen LogP contribution in [0.5, 0.6) is 0 Å². The molecule has 6 heteroatoms. The van der Waals surface area contributed by atoms with E-state index < -0.39 is 12.0 Å². The first-order valence-electron chi connectivity index (χ1n) is 9.85. The van der Waals surface area contributed by atoms with Crippen LogP contribution >= 0.6 is 0 Å². The van der Waals surface area contributed by atoms with Crippen molar-refractivity contribution in [2.45, 2.75) is 19.9 Å². The van der Waals surface area contributed by atoms with Gasteiger partial charge in [-0.3, -0.25) is 14.5 Å². The van der Waals surface area contributed by atoms with Gasteiger partial charge in [-0.25, -0.2) is 0 Å². The van der Waals surface area contributed by atoms with Gasteiger partial charge in [0.25, 0.3) is 0 Å². The number of Topliss-reactive ketones (excluding diaryl/α,β-unsaturated/α-hetero) is 1. The summed E-state index contributed by atoms with van der Waals surface area (Å²) in [6, 6.07) is 14.8. The minimum atomic E-state index is -0.822. The molecule has 0 saturated carbocycles. The summed E-state index contributed by atoms with van der Waals surface area (Å²) in [6.07, 6.45) is 0. The Balaban J connectivity index is 1.54. The molecule has 1 atom stereocenters. The molecule has 2 aromatic carbocycles. The molecule has 2 heterocycles. The number of nitrogens with zero attached hydrogens (tertiary/aromatic N) is 2. The minimum absolute atomic E-state index is 0.0553. The lowest BCUT2D eigenvalue weighted by Gasteiger charge is -2.39. The van der Waals surface area contributed by atoms with Crippen molar-refractivity contribution >= 4 is 28.3 Å². The fourth-order valence-electron chi connectivity index (χ4n) is 4.26. The van der Waals surface area contributed by atoms with E-state index in [0.717, 1.165) is 40.9 Å². The Hall–Kier alpha value is -3.12. The number of fused-ring (bicyclic) bond motifs is 1. The number of carbonyl (C=O) groups is 2. The van der Waals surface area contributed by atoms with Gasteiger partial charge in [-0.15, -0.1) is 0 Å². The minimum Gasteiger partial charge on any atom is -0.480 e. The molecule has 1 aliphatic heterocycles. The van der Waals surface area contributed by atoms with Crippen LogP contribution in [-0.4, -0.2) is 52.9 Å². The van der Waals surface area contributed by atoms with E-state index in [-0.39, 0.29) is 5.78 Å². The first-order chi connectivity index (χ1) is 14.0. The molecular weight excluding hydrogens is 366 g/mol. The third-order valence-electron chi connectivity index (χ3n) is 5.77. The van der Waals surface area contributed by atoms with Gasteiger partial charge in [0.05, 0.1) is 0 Å². The number of aromatic nitrogens is 1. The first-order valence-corrected chi connectivity index (χ1v) is 9.85. The van der Waals surface area contributed by atoms with E-state index >= 15 is 0 Å². The Morgan fingerprint density at radius 3 is 2.28 bits per heavy atom. The molecular formula is C23H25N3O3. The summed E-state index contributed by atoms with van der Waals surface area (Å²) in [4.78, 5) is 31.3. The summed E-state index contributed by atoms with van der Waals surface area (Å²) >= 11 is 0. The quantitative estimate of drug-likeness (QED) is 0.650. The summed E-state index contributed by atoms with van der Waals surface area (Å²) in [7, 11) is 0. The lowest BCUT2D eigenvalue weighted by atomic mass is 10.0. The number of carbonyl (C=O) groups excluding carboxylic acids is 1. The zero-order valence-electron chi connectivity index (χ0n) is 16.7. The number of carboxylic acid groups (broad SMARTS) is 1. The molecule has 1 fully saturated rings. The highest BCUT2D eigenvalue weighted by Crippen LogP contribution is 2.33. The third-order valence-corrected chi connectivity index (χ3v) is 5.77. The van der Waals surface area contributed by atoms with Gasteiger partial charge in [-0.05, 0) is 44.2 Å². The van der Waals surface area contributed by atoms with Gasteiger partial charge in [-0.2, -0.15) is 0 Å². The van der Waals surface area contributed by atoms with Crippen molar-refractivity contribution in [3.05, 3.63) is 65.4 Å². The lowest BCUT2D eigenvalue weighted by Crippen LogP contribution is -2.49. The number of aryl methyl sites for hydroxylation is 1. The van der Waals surface area contributed by atoms with Crippen LogP contribution in [0, 0.1) is 6.92 Å². The van der Waals surface area contributed by atoms with Gasteiger partial charge < -0.3 is 15.0 Å². The standard InChI is InChI=1S/C23H25N3O3/c1-15-21(19-5-3-4-6-20(19)24-15)22(23(28)29)26-13-11-25(12-14-26)18-9-7-17(8-10-18)16(2)27/h3-10,22,24H,11-14H2,1-2H3,(H,28,29). The second kappa shape index (κ2) is 7.72.